The maximum Gasteiger partial charge on any atom is 0.222 e. The molecule has 0 radical (unpaired) electrons. The van der Waals surface area contributed by atoms with Crippen LogP contribution < -0.4 is 83.7 Å². The van der Waals surface area contributed by atoms with E-state index in [-0.39, 0.29) is 180 Å². The molecule has 0 aliphatic carbocycles. The lowest BCUT2D eigenvalue weighted by atomic mass is 10.1. The van der Waals surface area contributed by atoms with Gasteiger partial charge in [0.1, 0.15) is 38.8 Å². The van der Waals surface area contributed by atoms with Crippen LogP contribution in [0.1, 0.15) is 146 Å². The number of nitrogens with one attached hydrogen (secondary N) is 5. The normalized spacial score (nSPS) is 11.6. The first kappa shape index (κ1) is 112. The van der Waals surface area contributed by atoms with Gasteiger partial charge in [0, 0.05) is 48.5 Å². The molecule has 0 fully saturated rings. The molecule has 8 aromatic heterocycles. The van der Waals surface area contributed by atoms with Gasteiger partial charge in [0.15, 0.2) is 57.8 Å². The van der Waals surface area contributed by atoms with Crippen LogP contribution in [-0.4, -0.2) is 201 Å². The van der Waals surface area contributed by atoms with Gasteiger partial charge in [0.05, 0.1) is 137 Å². The summed E-state index contributed by atoms with van der Waals surface area (Å²) >= 11 is 0. The molecule has 124 heavy (non-hydrogen) atoms. The van der Waals surface area contributed by atoms with Crippen molar-refractivity contribution in [2.45, 2.75) is 182 Å². The number of hydrogen-bond acceptors (Lipinski definition) is 36. The minimum atomic E-state index is -0.124. The quantitative estimate of drug-likeness (QED) is 0.0158. The third-order valence-electron chi connectivity index (χ3n) is 18.0. The minimum absolute atomic E-state index is 0. The van der Waals surface area contributed by atoms with Crippen LogP contribution in [0.3, 0.4) is 0 Å². The fraction of sp³-hybridized carbons (Fsp3) is 0.482. The number of aliphatic hydroxyl groups is 5. The molecule has 36 nitrogen and oxygen atoms in total. The summed E-state index contributed by atoms with van der Waals surface area (Å²) < 4.78 is 44.0. The SMILES string of the molecule is CCCC[C@@H](CO)Nc1nc(N)ncc1OCCOC.CCCC[C@@H](CO)Nc1nc(N)ncc1OCc1ccc2ccccc2n1.CCCC[C@@H](CO)Nc1nc(N)ncc1OCc1ncc(C)c(OC)c1C.CCC[C@@H](CO)Nc1nc(N)ncc1OCCOC.CCC[C@@H](CO)Nc1nc(N)ncc1OCc1nccc2ccccc12.S.S.S.S.S. The van der Waals surface area contributed by atoms with Crippen LogP contribution in [0.2, 0.25) is 0 Å². The summed E-state index contributed by atoms with van der Waals surface area (Å²) in [6.07, 6.45) is 23.4. The van der Waals surface area contributed by atoms with Gasteiger partial charge in [0.2, 0.25) is 29.7 Å². The van der Waals surface area contributed by atoms with Crippen molar-refractivity contribution in [3.05, 3.63) is 138 Å². The zero-order chi connectivity index (χ0) is 86.1. The third-order valence-corrected chi connectivity index (χ3v) is 18.0. The maximum absolute atomic E-state index is 9.60. The predicted molar refractivity (Wildman–Crippen MR) is 516 cm³/mol. The average molecular weight is 1820 g/mol. The number of fused-ring (bicyclic) bond motifs is 2. The Labute approximate surface area is 762 Å². The highest BCUT2D eigenvalue weighted by molar-refractivity contribution is 7.60. The van der Waals surface area contributed by atoms with Crippen molar-refractivity contribution in [3.63, 3.8) is 0 Å². The fourth-order valence-electron chi connectivity index (χ4n) is 11.6. The molecule has 5 atom stereocenters. The van der Waals surface area contributed by atoms with E-state index in [0.29, 0.717) is 84.3 Å². The van der Waals surface area contributed by atoms with Crippen molar-refractivity contribution in [3.8, 4) is 34.5 Å². The summed E-state index contributed by atoms with van der Waals surface area (Å²) in [6, 6.07) is 21.4. The number of rotatable bonds is 46. The Morgan fingerprint density at radius 1 is 0.355 bits per heavy atom. The molecule has 688 valence electrons. The summed E-state index contributed by atoms with van der Waals surface area (Å²) in [7, 11) is 4.85. The summed E-state index contributed by atoms with van der Waals surface area (Å²) in [4.78, 5) is 54.2. The van der Waals surface area contributed by atoms with Gasteiger partial charge >= 0.3 is 0 Å². The molecule has 0 saturated carbocycles. The van der Waals surface area contributed by atoms with E-state index >= 15 is 0 Å². The topological polar surface area (TPSA) is 533 Å². The molecule has 0 aliphatic rings. The van der Waals surface area contributed by atoms with Gasteiger partial charge in [-0.05, 0) is 69.5 Å². The predicted octanol–water partition coefficient (Wildman–Crippen LogP) is 10.8. The molecule has 10 aromatic rings. The zero-order valence-electron chi connectivity index (χ0n) is 72.7. The fourth-order valence-corrected chi connectivity index (χ4v) is 11.6. The molecule has 2 aromatic carbocycles. The highest BCUT2D eigenvalue weighted by atomic mass is 32.1. The number of anilines is 10. The number of ether oxygens (including phenoxy) is 8. The van der Waals surface area contributed by atoms with Crippen molar-refractivity contribution >= 4 is 148 Å². The van der Waals surface area contributed by atoms with E-state index in [1.807, 2.05) is 80.6 Å². The Kier molecular flexibility index (Phi) is 57.8. The van der Waals surface area contributed by atoms with E-state index in [2.05, 4.69) is 126 Å². The second-order valence-corrected chi connectivity index (χ2v) is 27.4. The monoisotopic (exact) mass is 1820 g/mol. The van der Waals surface area contributed by atoms with E-state index in [9.17, 15) is 25.5 Å². The van der Waals surface area contributed by atoms with Crippen molar-refractivity contribution in [1.82, 2.24) is 64.8 Å². The molecule has 0 amide bonds. The van der Waals surface area contributed by atoms with Gasteiger partial charge in [-0.1, -0.05) is 135 Å². The number of para-hydroxylation sites is 1. The second-order valence-electron chi connectivity index (χ2n) is 27.4. The molecule has 8 heterocycles. The summed E-state index contributed by atoms with van der Waals surface area (Å²) in [6.45, 7) is 16.9. The van der Waals surface area contributed by atoms with E-state index in [0.717, 1.165) is 139 Å². The number of benzene rings is 2. The lowest BCUT2D eigenvalue weighted by Gasteiger charge is -2.19. The first-order chi connectivity index (χ1) is 57.8. The molecule has 20 N–H and O–H groups in total. The van der Waals surface area contributed by atoms with Crippen LogP contribution in [0.15, 0.2) is 110 Å². The van der Waals surface area contributed by atoms with Gasteiger partial charge in [-0.3, -0.25) is 9.97 Å². The maximum atomic E-state index is 9.60. The second kappa shape index (κ2) is 63.9. The number of hydrogen-bond donors (Lipinski definition) is 15. The number of aromatic nitrogens is 13. The molecule has 0 unspecified atom stereocenters. The van der Waals surface area contributed by atoms with Crippen molar-refractivity contribution < 1.29 is 63.4 Å². The average Bonchev–Trinajstić information content (AvgIpc) is 1.19. The number of methoxy groups -OCH3 is 3. The number of pyridine rings is 3. The zero-order valence-corrected chi connectivity index (χ0v) is 77.7. The molecule has 10 rings (SSSR count). The highest BCUT2D eigenvalue weighted by Crippen LogP contribution is 2.32. The van der Waals surface area contributed by atoms with Gasteiger partial charge in [-0.25, -0.2) is 29.9 Å². The summed E-state index contributed by atoms with van der Waals surface area (Å²) in [5, 5.41) is 66.5. The number of aliphatic hydroxyl groups excluding tert-OH is 5. The Morgan fingerprint density at radius 3 is 1.08 bits per heavy atom. The van der Waals surface area contributed by atoms with Gasteiger partial charge in [-0.15, -0.1) is 0 Å². The third kappa shape index (κ3) is 39.1. The van der Waals surface area contributed by atoms with E-state index in [4.69, 9.17) is 66.6 Å². The molecule has 0 bridgehead atoms. The molecule has 41 heteroatoms. The lowest BCUT2D eigenvalue weighted by Crippen LogP contribution is -2.25. The van der Waals surface area contributed by atoms with Gasteiger partial charge < -0.3 is 119 Å². The Balaban J connectivity index is 0.000000773. The molecule has 0 saturated heterocycles. The highest BCUT2D eigenvalue weighted by Gasteiger charge is 2.21. The lowest BCUT2D eigenvalue weighted by molar-refractivity contribution is 0.146. The molecular formula is C83H133N23O13S5. The largest absolute Gasteiger partial charge is 0.496 e. The first-order valence-electron chi connectivity index (χ1n) is 40.1. The van der Waals surface area contributed by atoms with E-state index in [1.165, 1.54) is 24.8 Å². The smallest absolute Gasteiger partial charge is 0.222 e. The molecule has 0 spiro atoms. The van der Waals surface area contributed by atoms with E-state index < -0.39 is 0 Å². The summed E-state index contributed by atoms with van der Waals surface area (Å²) in [5.74, 6) is 6.42. The Morgan fingerprint density at radius 2 is 0.710 bits per heavy atom. The Hall–Kier alpha value is -9.92. The van der Waals surface area contributed by atoms with Crippen molar-refractivity contribution in [1.29, 1.82) is 0 Å². The number of nitrogen functional groups attached to an aromatic ring is 5. The number of aryl methyl sites for hydroxylation is 1. The number of unbranched alkanes of at least 4 members (excludes halogenated alkanes) is 3. The molecule has 0 aliphatic heterocycles. The standard InChI is InChI=1S/C20H25N5O2.C19H29N5O3.C19H23N5O2.C13H24N4O3.C12H22N4O3.5H2S/c1-2-3-7-15(12-26)24-19-18(11-22-20(21)25-19)27-13-16-10-9-14-6-4-5-8-17(14)23-16;1-5-6-7-14(10-25)23-18-16(9-22-19(20)24-18)27-11-15-13(3)17(26-4)12(2)8-21-15;1-2-5-14(11-25)23-18-17(10-22-19(20)24-18)26-12-16-15-7-4-3-6-13(15)8-9-21-16;1-3-4-5-10(9-18)16-12-11(20-7-6-19-2)8-15-13(14)17-12;1-3-4-9(8-17)15-11-10(19-6-5-18-2)7-14-12(13)16-11;;;;;/h4-6,8-11,15,26H,2-3,7,12-13H2,1H3,(H3,21,22,24,25);8-9,14,25H,5-7,10-11H2,1-4H3,(H3,20,22,23,24);3-4,6-10,14,25H,2,5,11-12H2,1H3,(H3,20,22,23,24);8,10,18H,3-7,9H2,1-2H3,(H3,14,15,16,17);7,9,17H,3-6,8H2,1-2H3,(H3,13,14,15,16);5*1H2/t15-;2*14-;10-;9-;;;;;/m00000...../s1. The number of nitrogens with two attached hydrogens (primary N) is 5. The van der Waals surface area contributed by atoms with Crippen LogP contribution >= 0.6 is 67.5 Å². The minimum Gasteiger partial charge on any atom is -0.496 e. The molecular weight excluding hydrogens is 1690 g/mol. The van der Waals surface area contributed by atoms with Gasteiger partial charge in [0.25, 0.3) is 0 Å². The van der Waals surface area contributed by atoms with Crippen LogP contribution in [-0.2, 0) is 29.3 Å². The van der Waals surface area contributed by atoms with Crippen LogP contribution in [0, 0.1) is 13.8 Å². The Bertz CT molecular complexity index is 4580. The summed E-state index contributed by atoms with van der Waals surface area (Å²) in [5.41, 5.74) is 33.5. The van der Waals surface area contributed by atoms with Crippen LogP contribution in [0.5, 0.6) is 34.5 Å². The van der Waals surface area contributed by atoms with Crippen molar-refractivity contribution in [2.75, 3.05) is 136 Å². The van der Waals surface area contributed by atoms with E-state index in [1.54, 1.807) is 39.9 Å². The number of nitrogens with zero attached hydrogens (tertiary/aromatic N) is 13. The first-order valence-corrected chi connectivity index (χ1v) is 40.1. The van der Waals surface area contributed by atoms with Crippen LogP contribution in [0.25, 0.3) is 21.7 Å². The van der Waals surface area contributed by atoms with Crippen LogP contribution in [0.4, 0.5) is 58.8 Å². The van der Waals surface area contributed by atoms with Gasteiger partial charge in [-0.2, -0.15) is 92.4 Å². The van der Waals surface area contributed by atoms with Crippen molar-refractivity contribution in [2.24, 2.45) is 0 Å².